The topological polar surface area (TPSA) is 95.3 Å². The summed E-state index contributed by atoms with van der Waals surface area (Å²) in [5, 5.41) is 13.7. The summed E-state index contributed by atoms with van der Waals surface area (Å²) < 4.78 is 5.58. The largest absolute Gasteiger partial charge is 0.493 e. The highest BCUT2D eigenvalue weighted by molar-refractivity contribution is 7.14. The zero-order chi connectivity index (χ0) is 22.8. The first-order valence-electron chi connectivity index (χ1n) is 9.97. The van der Waals surface area contributed by atoms with Crippen molar-refractivity contribution in [3.63, 3.8) is 0 Å². The Labute approximate surface area is 190 Å². The lowest BCUT2D eigenvalue weighted by atomic mass is 10.3. The molecule has 0 radical (unpaired) electrons. The second-order valence-corrected chi connectivity index (χ2v) is 7.54. The second-order valence-electron chi connectivity index (χ2n) is 6.71. The molecule has 0 aliphatic rings. The van der Waals surface area contributed by atoms with Crippen LogP contribution in [0.5, 0.6) is 5.75 Å². The molecule has 3 aromatic rings. The van der Waals surface area contributed by atoms with E-state index in [4.69, 9.17) is 10.00 Å². The molecule has 0 saturated heterocycles. The van der Waals surface area contributed by atoms with Gasteiger partial charge < -0.3 is 10.1 Å². The fraction of sp³-hybridized carbons (Fsp3) is 0.167. The Morgan fingerprint density at radius 1 is 1.22 bits per heavy atom. The Bertz CT molecular complexity index is 1140. The Balaban J connectivity index is 1.61. The van der Waals surface area contributed by atoms with Crippen LogP contribution in [0.3, 0.4) is 0 Å². The van der Waals surface area contributed by atoms with Crippen LogP contribution in [0.4, 0.5) is 16.5 Å². The van der Waals surface area contributed by atoms with Gasteiger partial charge in [0.15, 0.2) is 5.13 Å². The molecule has 0 spiro atoms. The molecule has 0 fully saturated rings. The van der Waals surface area contributed by atoms with Crippen LogP contribution in [0, 0.1) is 11.3 Å². The molecule has 3 rings (SSSR count). The quantitative estimate of drug-likeness (QED) is 0.362. The summed E-state index contributed by atoms with van der Waals surface area (Å²) in [6.45, 7) is 1.93. The highest BCUT2D eigenvalue weighted by atomic mass is 32.1. The second kappa shape index (κ2) is 11.4. The van der Waals surface area contributed by atoms with Gasteiger partial charge in [0.05, 0.1) is 24.1 Å². The van der Waals surface area contributed by atoms with Gasteiger partial charge >= 0.3 is 0 Å². The van der Waals surface area contributed by atoms with E-state index in [9.17, 15) is 9.59 Å². The number of rotatable bonds is 9. The fourth-order valence-electron chi connectivity index (χ4n) is 2.81. The molecular weight excluding hydrogens is 424 g/mol. The number of nitriles is 1. The van der Waals surface area contributed by atoms with Gasteiger partial charge in [-0.05, 0) is 36.8 Å². The van der Waals surface area contributed by atoms with Crippen molar-refractivity contribution in [2.24, 2.45) is 0 Å². The van der Waals surface area contributed by atoms with Crippen molar-refractivity contribution in [1.82, 2.24) is 4.98 Å². The minimum Gasteiger partial charge on any atom is -0.493 e. The van der Waals surface area contributed by atoms with Crippen molar-refractivity contribution >= 4 is 45.7 Å². The third-order valence-corrected chi connectivity index (χ3v) is 5.08. The minimum atomic E-state index is -0.312. The number of ether oxygens (including phenoxy) is 1. The Morgan fingerprint density at radius 3 is 2.78 bits per heavy atom. The van der Waals surface area contributed by atoms with Crippen molar-refractivity contribution in [2.45, 2.75) is 19.8 Å². The number of nitrogens with one attached hydrogen (secondary N) is 1. The van der Waals surface area contributed by atoms with Crippen LogP contribution in [0.2, 0.25) is 0 Å². The first-order valence-corrected chi connectivity index (χ1v) is 10.8. The van der Waals surface area contributed by atoms with Crippen molar-refractivity contribution in [3.8, 4) is 11.8 Å². The van der Waals surface area contributed by atoms with E-state index in [-0.39, 0.29) is 11.8 Å². The first kappa shape index (κ1) is 22.7. The van der Waals surface area contributed by atoms with Crippen LogP contribution in [0.1, 0.15) is 25.5 Å². The van der Waals surface area contributed by atoms with Gasteiger partial charge in [0.1, 0.15) is 5.75 Å². The van der Waals surface area contributed by atoms with Crippen LogP contribution in [-0.2, 0) is 9.59 Å². The molecular formula is C24H22N4O3S. The van der Waals surface area contributed by atoms with Gasteiger partial charge in [-0.2, -0.15) is 5.26 Å². The normalized spacial score (nSPS) is 10.5. The van der Waals surface area contributed by atoms with Gasteiger partial charge in [0.25, 0.3) is 0 Å². The molecule has 32 heavy (non-hydrogen) atoms. The van der Waals surface area contributed by atoms with Gasteiger partial charge in [0.2, 0.25) is 11.8 Å². The molecule has 162 valence electrons. The van der Waals surface area contributed by atoms with Crippen LogP contribution in [0.25, 0.3) is 6.08 Å². The van der Waals surface area contributed by atoms with Crippen molar-refractivity contribution < 1.29 is 14.3 Å². The van der Waals surface area contributed by atoms with Gasteiger partial charge in [-0.3, -0.25) is 14.5 Å². The van der Waals surface area contributed by atoms with E-state index in [2.05, 4.69) is 16.4 Å². The fourth-order valence-corrected chi connectivity index (χ4v) is 3.66. The number of unbranched alkanes of at least 4 members (excludes halogenated alkanes) is 1. The highest BCUT2D eigenvalue weighted by Gasteiger charge is 2.17. The molecule has 2 aromatic carbocycles. The van der Waals surface area contributed by atoms with E-state index in [0.29, 0.717) is 41.7 Å². The molecule has 1 aromatic heterocycles. The van der Waals surface area contributed by atoms with Gasteiger partial charge in [-0.15, -0.1) is 11.3 Å². The van der Waals surface area contributed by atoms with E-state index in [1.807, 2.05) is 30.3 Å². The van der Waals surface area contributed by atoms with Crippen molar-refractivity contribution in [3.05, 3.63) is 71.7 Å². The predicted molar refractivity (Wildman–Crippen MR) is 126 cm³/mol. The summed E-state index contributed by atoms with van der Waals surface area (Å²) in [5.74, 6) is 0.167. The summed E-state index contributed by atoms with van der Waals surface area (Å²) in [6, 6.07) is 18.4. The Kier molecular flexibility index (Phi) is 8.12. The zero-order valence-corrected chi connectivity index (χ0v) is 18.3. The van der Waals surface area contributed by atoms with Gasteiger partial charge in [-0.1, -0.05) is 24.3 Å². The number of carbonyl (C=O) groups is 2. The van der Waals surface area contributed by atoms with E-state index in [1.54, 1.807) is 35.7 Å². The lowest BCUT2D eigenvalue weighted by Gasteiger charge is -2.17. The lowest BCUT2D eigenvalue weighted by Crippen LogP contribution is -2.22. The average molecular weight is 447 g/mol. The molecule has 0 bridgehead atoms. The number of amides is 2. The Morgan fingerprint density at radius 2 is 2.03 bits per heavy atom. The summed E-state index contributed by atoms with van der Waals surface area (Å²) >= 11 is 1.32. The molecule has 2 amide bonds. The number of aromatic nitrogens is 1. The minimum absolute atomic E-state index is 0.145. The van der Waals surface area contributed by atoms with Crippen LogP contribution < -0.4 is 15.0 Å². The number of benzene rings is 2. The maximum absolute atomic E-state index is 12.3. The van der Waals surface area contributed by atoms with Crippen LogP contribution in [0.15, 0.2) is 66.1 Å². The first-order chi connectivity index (χ1) is 15.6. The van der Waals surface area contributed by atoms with Crippen molar-refractivity contribution in [2.75, 3.05) is 16.8 Å². The smallest absolute Gasteiger partial charge is 0.248 e. The molecule has 1 heterocycles. The monoisotopic (exact) mass is 446 g/mol. The predicted octanol–water partition coefficient (Wildman–Crippen LogP) is 5.16. The lowest BCUT2D eigenvalue weighted by molar-refractivity contribution is -0.116. The van der Waals surface area contributed by atoms with Crippen molar-refractivity contribution in [1.29, 1.82) is 5.26 Å². The maximum Gasteiger partial charge on any atom is 0.248 e. The Hall–Kier alpha value is -3.96. The number of hydrogen-bond acceptors (Lipinski definition) is 6. The van der Waals surface area contributed by atoms with Crippen LogP contribution >= 0.6 is 11.3 Å². The van der Waals surface area contributed by atoms with E-state index < -0.39 is 0 Å². The number of para-hydroxylation sites is 1. The van der Waals surface area contributed by atoms with E-state index in [0.717, 1.165) is 5.69 Å². The standard InChI is InChI=1S/C24H22N4O3S/c1-18(29)28(21-9-3-2-4-10-21)24-27-20(17-32-24)12-13-23(30)26-19-8-7-11-22(16-19)31-15-6-5-14-25/h2-4,7-13,16-17H,5-6,15H2,1H3,(H,26,30)/b13-12+. The third kappa shape index (κ3) is 6.52. The van der Waals surface area contributed by atoms with E-state index in [1.165, 1.54) is 29.2 Å². The number of hydrogen-bond donors (Lipinski definition) is 1. The molecule has 0 unspecified atom stereocenters. The third-order valence-electron chi connectivity index (χ3n) is 4.24. The number of nitrogens with zero attached hydrogens (tertiary/aromatic N) is 3. The van der Waals surface area contributed by atoms with E-state index >= 15 is 0 Å². The zero-order valence-electron chi connectivity index (χ0n) is 17.5. The summed E-state index contributed by atoms with van der Waals surface area (Å²) in [4.78, 5) is 30.4. The van der Waals surface area contributed by atoms with Gasteiger partial charge in [-0.25, -0.2) is 4.98 Å². The summed E-state index contributed by atoms with van der Waals surface area (Å²) in [7, 11) is 0. The number of thiazole rings is 1. The maximum atomic E-state index is 12.3. The summed E-state index contributed by atoms with van der Waals surface area (Å²) in [6.07, 6.45) is 4.08. The number of anilines is 3. The SMILES string of the molecule is CC(=O)N(c1ccccc1)c1nc(/C=C/C(=O)Nc2cccc(OCCCC#N)c2)cs1. The molecule has 0 aliphatic heterocycles. The summed E-state index contributed by atoms with van der Waals surface area (Å²) in [5.41, 5.74) is 1.91. The highest BCUT2D eigenvalue weighted by Crippen LogP contribution is 2.29. The molecule has 8 heteroatoms. The average Bonchev–Trinajstić information content (AvgIpc) is 3.24. The molecule has 0 atom stereocenters. The molecule has 0 aliphatic carbocycles. The van der Waals surface area contributed by atoms with Gasteiger partial charge in [0, 0.05) is 36.6 Å². The molecule has 0 saturated carbocycles. The number of carbonyl (C=O) groups excluding carboxylic acids is 2. The van der Waals surface area contributed by atoms with Crippen LogP contribution in [-0.4, -0.2) is 23.4 Å². The molecule has 7 nitrogen and oxygen atoms in total. The molecule has 1 N–H and O–H groups in total.